The molecule has 2 aromatic heterocycles. The van der Waals surface area contributed by atoms with Crippen LogP contribution in [-0.2, 0) is 4.74 Å². The Labute approximate surface area is 114 Å². The van der Waals surface area contributed by atoms with Gasteiger partial charge in [-0.1, -0.05) is 0 Å². The third-order valence-electron chi connectivity index (χ3n) is 2.37. The minimum Gasteiger partial charge on any atom is -0.463 e. The Bertz CT molecular complexity index is 634. The molecule has 104 valence electrons. The molecular weight excluding hydrogens is 264 g/mol. The van der Waals surface area contributed by atoms with Crippen LogP contribution in [0.5, 0.6) is 0 Å². The van der Waals surface area contributed by atoms with Gasteiger partial charge < -0.3 is 9.64 Å². The number of ether oxygens (including phenoxy) is 1. The van der Waals surface area contributed by atoms with E-state index in [1.807, 2.05) is 0 Å². The second kappa shape index (κ2) is 5.43. The van der Waals surface area contributed by atoms with E-state index in [1.54, 1.807) is 20.2 Å². The van der Waals surface area contributed by atoms with Crippen molar-refractivity contribution < 1.29 is 14.3 Å². The van der Waals surface area contributed by atoms with E-state index < -0.39 is 5.97 Å². The first kappa shape index (κ1) is 13.6. The van der Waals surface area contributed by atoms with E-state index in [9.17, 15) is 9.59 Å². The van der Waals surface area contributed by atoms with Crippen LogP contribution >= 0.6 is 0 Å². The fourth-order valence-electron chi connectivity index (χ4n) is 1.35. The molecule has 0 saturated heterocycles. The van der Waals surface area contributed by atoms with Crippen LogP contribution in [0.2, 0.25) is 0 Å². The van der Waals surface area contributed by atoms with Gasteiger partial charge in [0.1, 0.15) is 6.33 Å². The molecule has 9 heteroatoms. The molecule has 0 saturated carbocycles. The summed E-state index contributed by atoms with van der Waals surface area (Å²) in [4.78, 5) is 28.1. The second-order valence-electron chi connectivity index (χ2n) is 3.98. The number of amides is 1. The maximum absolute atomic E-state index is 11.7. The lowest BCUT2D eigenvalue weighted by Crippen LogP contribution is -2.23. The molecule has 2 heterocycles. The molecule has 0 aliphatic heterocycles. The van der Waals surface area contributed by atoms with Gasteiger partial charge in [-0.15, -0.1) is 15.3 Å². The molecule has 0 spiro atoms. The van der Waals surface area contributed by atoms with Crippen LogP contribution < -0.4 is 0 Å². The quantitative estimate of drug-likeness (QED) is 0.699. The van der Waals surface area contributed by atoms with Crippen molar-refractivity contribution in [2.75, 3.05) is 21.2 Å². The maximum Gasteiger partial charge on any atom is 0.377 e. The molecule has 20 heavy (non-hydrogen) atoms. The molecule has 0 unspecified atom stereocenters. The van der Waals surface area contributed by atoms with E-state index in [2.05, 4.69) is 25.0 Å². The Morgan fingerprint density at radius 2 is 2.00 bits per heavy atom. The van der Waals surface area contributed by atoms with Gasteiger partial charge in [-0.25, -0.2) is 9.78 Å². The molecule has 0 bridgehead atoms. The molecule has 0 fully saturated rings. The first-order chi connectivity index (χ1) is 9.52. The third kappa shape index (κ3) is 2.60. The van der Waals surface area contributed by atoms with Crippen molar-refractivity contribution in [3.05, 3.63) is 30.0 Å². The molecule has 0 aliphatic carbocycles. The number of rotatable bonds is 3. The number of esters is 1. The highest BCUT2D eigenvalue weighted by molar-refractivity contribution is 5.91. The van der Waals surface area contributed by atoms with E-state index in [0.29, 0.717) is 5.82 Å². The zero-order valence-electron chi connectivity index (χ0n) is 11.1. The predicted molar refractivity (Wildman–Crippen MR) is 66.3 cm³/mol. The van der Waals surface area contributed by atoms with E-state index in [4.69, 9.17) is 0 Å². The fourth-order valence-corrected chi connectivity index (χ4v) is 1.35. The molecule has 0 radical (unpaired) electrons. The monoisotopic (exact) mass is 276 g/mol. The highest BCUT2D eigenvalue weighted by Gasteiger charge is 2.14. The Morgan fingerprint density at radius 3 is 2.55 bits per heavy atom. The molecule has 9 nitrogen and oxygen atoms in total. The Hall–Kier alpha value is -2.84. The summed E-state index contributed by atoms with van der Waals surface area (Å²) in [7, 11) is 4.49. The Kier molecular flexibility index (Phi) is 3.69. The van der Waals surface area contributed by atoms with Crippen LogP contribution in [0.4, 0.5) is 0 Å². The first-order valence-electron chi connectivity index (χ1n) is 5.58. The average Bonchev–Trinajstić information content (AvgIpc) is 2.95. The van der Waals surface area contributed by atoms with Crippen LogP contribution in [0, 0.1) is 0 Å². The summed E-state index contributed by atoms with van der Waals surface area (Å²) in [6.45, 7) is 0. The van der Waals surface area contributed by atoms with Crippen molar-refractivity contribution in [1.82, 2.24) is 29.9 Å². The summed E-state index contributed by atoms with van der Waals surface area (Å²) in [6.07, 6.45) is 1.31. The van der Waals surface area contributed by atoms with Crippen LogP contribution in [0.3, 0.4) is 0 Å². The van der Waals surface area contributed by atoms with Crippen LogP contribution in [0.15, 0.2) is 18.5 Å². The number of methoxy groups -OCH3 is 1. The molecule has 2 aromatic rings. The Morgan fingerprint density at radius 1 is 1.25 bits per heavy atom. The zero-order valence-corrected chi connectivity index (χ0v) is 11.1. The molecule has 0 N–H and O–H groups in total. The van der Waals surface area contributed by atoms with Crippen molar-refractivity contribution in [3.63, 3.8) is 0 Å². The van der Waals surface area contributed by atoms with Gasteiger partial charge in [0, 0.05) is 14.1 Å². The summed E-state index contributed by atoms with van der Waals surface area (Å²) in [5.41, 5.74) is 0.215. The lowest BCUT2D eigenvalue weighted by atomic mass is 10.3. The van der Waals surface area contributed by atoms with Crippen molar-refractivity contribution >= 4 is 11.9 Å². The largest absolute Gasteiger partial charge is 0.463 e. The van der Waals surface area contributed by atoms with Gasteiger partial charge in [-0.3, -0.25) is 4.79 Å². The summed E-state index contributed by atoms with van der Waals surface area (Å²) >= 11 is 0. The maximum atomic E-state index is 11.7. The number of hydrogen-bond acceptors (Lipinski definition) is 7. The highest BCUT2D eigenvalue weighted by Crippen LogP contribution is 2.04. The second-order valence-corrected chi connectivity index (χ2v) is 3.98. The molecule has 0 aliphatic rings. The van der Waals surface area contributed by atoms with Crippen molar-refractivity contribution in [2.45, 2.75) is 0 Å². The van der Waals surface area contributed by atoms with E-state index >= 15 is 0 Å². The number of carbonyl (C=O) groups excluding carboxylic acids is 2. The van der Waals surface area contributed by atoms with E-state index in [-0.39, 0.29) is 17.4 Å². The van der Waals surface area contributed by atoms with Crippen LogP contribution in [0.25, 0.3) is 5.82 Å². The predicted octanol–water partition coefficient (Wildman–Crippen LogP) is -0.454. The van der Waals surface area contributed by atoms with Gasteiger partial charge in [-0.05, 0) is 12.1 Å². The van der Waals surface area contributed by atoms with Gasteiger partial charge in [0.25, 0.3) is 11.7 Å². The van der Waals surface area contributed by atoms with Crippen LogP contribution in [0.1, 0.15) is 21.1 Å². The van der Waals surface area contributed by atoms with Crippen LogP contribution in [-0.4, -0.2) is 62.9 Å². The summed E-state index contributed by atoms with van der Waals surface area (Å²) in [6, 6.07) is 3.07. The minimum atomic E-state index is -0.642. The zero-order chi connectivity index (χ0) is 14.7. The highest BCUT2D eigenvalue weighted by atomic mass is 16.5. The van der Waals surface area contributed by atoms with Gasteiger partial charge >= 0.3 is 5.97 Å². The average molecular weight is 276 g/mol. The SMILES string of the molecule is COC(=O)c1ncn(-c2ccc(C(=O)N(C)C)nn2)n1. The standard InChI is InChI=1S/C11H12N6O3/c1-16(2)10(18)7-4-5-8(14-13-7)17-6-12-9(15-17)11(19)20-3/h4-6H,1-3H3. The molecular formula is C11H12N6O3. The molecule has 0 aromatic carbocycles. The van der Waals surface area contributed by atoms with Gasteiger partial charge in [0.2, 0.25) is 0 Å². The molecule has 2 rings (SSSR count). The Balaban J connectivity index is 2.24. The lowest BCUT2D eigenvalue weighted by Gasteiger charge is -2.08. The number of aromatic nitrogens is 5. The van der Waals surface area contributed by atoms with Gasteiger partial charge in [-0.2, -0.15) is 4.68 Å². The van der Waals surface area contributed by atoms with Crippen molar-refractivity contribution in [2.24, 2.45) is 0 Å². The summed E-state index contributed by atoms with van der Waals surface area (Å²) in [5, 5.41) is 11.6. The van der Waals surface area contributed by atoms with Gasteiger partial charge in [0.05, 0.1) is 7.11 Å². The number of hydrogen-bond donors (Lipinski definition) is 0. The summed E-state index contributed by atoms with van der Waals surface area (Å²) in [5.74, 6) is -0.639. The van der Waals surface area contributed by atoms with Gasteiger partial charge in [0.15, 0.2) is 11.5 Å². The van der Waals surface area contributed by atoms with E-state index in [0.717, 1.165) is 0 Å². The normalized spacial score (nSPS) is 10.2. The lowest BCUT2D eigenvalue weighted by molar-refractivity contribution is 0.0586. The van der Waals surface area contributed by atoms with Crippen molar-refractivity contribution in [3.8, 4) is 5.82 Å². The number of nitrogens with zero attached hydrogens (tertiary/aromatic N) is 6. The fraction of sp³-hybridized carbons (Fsp3) is 0.273. The minimum absolute atomic E-state index is 0.0808. The molecule has 0 atom stereocenters. The number of carbonyl (C=O) groups is 2. The third-order valence-corrected chi connectivity index (χ3v) is 2.37. The first-order valence-corrected chi connectivity index (χ1v) is 5.58. The topological polar surface area (TPSA) is 103 Å². The smallest absolute Gasteiger partial charge is 0.377 e. The van der Waals surface area contributed by atoms with Crippen molar-refractivity contribution in [1.29, 1.82) is 0 Å². The molecule has 1 amide bonds. The summed E-state index contributed by atoms with van der Waals surface area (Å²) < 4.78 is 5.77. The van der Waals surface area contributed by atoms with E-state index in [1.165, 1.54) is 29.1 Å².